The number of carbonyl (C=O) groups excluding carboxylic acids is 1. The van der Waals surface area contributed by atoms with Crippen molar-refractivity contribution >= 4 is 17.5 Å². The van der Waals surface area contributed by atoms with Crippen molar-refractivity contribution in [3.63, 3.8) is 0 Å². The number of nitrogens with zero attached hydrogens (tertiary/aromatic N) is 1. The molecule has 0 fully saturated rings. The van der Waals surface area contributed by atoms with Gasteiger partial charge in [0.2, 0.25) is 6.23 Å². The molecule has 3 aliphatic heterocycles. The summed E-state index contributed by atoms with van der Waals surface area (Å²) in [6.07, 6.45) is 3.38. The third-order valence-electron chi connectivity index (χ3n) is 4.41. The summed E-state index contributed by atoms with van der Waals surface area (Å²) < 4.78 is 19.0. The van der Waals surface area contributed by atoms with Crippen LogP contribution in [0.2, 0.25) is 5.02 Å². The Labute approximate surface area is 149 Å². The lowest BCUT2D eigenvalue weighted by atomic mass is 10.1. The summed E-state index contributed by atoms with van der Waals surface area (Å²) in [6, 6.07) is 6.95. The third-order valence-corrected chi connectivity index (χ3v) is 4.64. The standard InChI is InChI=1S/C18H17ClFN3O2/c19-12-3-1-2-11(8-12)18(24)23-7-6-16-15(10-23)22-17(25-16)14-5-4-13(20)9-21-14/h1-5,8,17,21-22H,6-7,9-10H2. The molecular weight excluding hydrogens is 345 g/mol. The molecule has 1 unspecified atom stereocenters. The van der Waals surface area contributed by atoms with Gasteiger partial charge in [0.25, 0.3) is 5.91 Å². The van der Waals surface area contributed by atoms with Gasteiger partial charge < -0.3 is 20.3 Å². The molecule has 0 aliphatic carbocycles. The van der Waals surface area contributed by atoms with Crippen LogP contribution < -0.4 is 10.6 Å². The van der Waals surface area contributed by atoms with Crippen molar-refractivity contribution in [1.82, 2.24) is 15.5 Å². The van der Waals surface area contributed by atoms with Crippen LogP contribution in [0.25, 0.3) is 0 Å². The van der Waals surface area contributed by atoms with E-state index in [1.807, 2.05) is 0 Å². The van der Waals surface area contributed by atoms with Gasteiger partial charge in [-0.25, -0.2) is 4.39 Å². The number of halogens is 2. The van der Waals surface area contributed by atoms with Gasteiger partial charge in [-0.2, -0.15) is 0 Å². The van der Waals surface area contributed by atoms with Crippen LogP contribution in [0.3, 0.4) is 0 Å². The maximum absolute atomic E-state index is 13.1. The van der Waals surface area contributed by atoms with Crippen LogP contribution in [0.1, 0.15) is 16.8 Å². The topological polar surface area (TPSA) is 53.6 Å². The normalized spacial score (nSPS) is 22.3. The molecule has 25 heavy (non-hydrogen) atoms. The van der Waals surface area contributed by atoms with Crippen LogP contribution in [0.5, 0.6) is 0 Å². The van der Waals surface area contributed by atoms with Gasteiger partial charge in [0.1, 0.15) is 11.6 Å². The fourth-order valence-electron chi connectivity index (χ4n) is 3.11. The number of amides is 1. The summed E-state index contributed by atoms with van der Waals surface area (Å²) in [4.78, 5) is 14.4. The highest BCUT2D eigenvalue weighted by Gasteiger charge is 2.33. The highest BCUT2D eigenvalue weighted by molar-refractivity contribution is 6.30. The van der Waals surface area contributed by atoms with Gasteiger partial charge >= 0.3 is 0 Å². The molecule has 1 aromatic carbocycles. The number of hydrogen-bond acceptors (Lipinski definition) is 4. The largest absolute Gasteiger partial charge is 0.467 e. The molecule has 3 heterocycles. The lowest BCUT2D eigenvalue weighted by Crippen LogP contribution is -2.40. The zero-order valence-corrected chi connectivity index (χ0v) is 14.1. The predicted molar refractivity (Wildman–Crippen MR) is 92.3 cm³/mol. The summed E-state index contributed by atoms with van der Waals surface area (Å²) in [6.45, 7) is 1.20. The summed E-state index contributed by atoms with van der Waals surface area (Å²) in [7, 11) is 0. The second-order valence-corrected chi connectivity index (χ2v) is 6.56. The number of carbonyl (C=O) groups is 1. The molecule has 4 rings (SSSR count). The maximum Gasteiger partial charge on any atom is 0.254 e. The Hall–Kier alpha value is -2.47. The monoisotopic (exact) mass is 361 g/mol. The van der Waals surface area contributed by atoms with Crippen molar-refractivity contribution in [2.24, 2.45) is 0 Å². The fraction of sp³-hybridized carbons (Fsp3) is 0.278. The lowest BCUT2D eigenvalue weighted by Gasteiger charge is -2.27. The number of benzene rings is 1. The minimum absolute atomic E-state index is 0.0562. The van der Waals surface area contributed by atoms with Crippen molar-refractivity contribution in [2.45, 2.75) is 12.6 Å². The summed E-state index contributed by atoms with van der Waals surface area (Å²) >= 11 is 5.98. The quantitative estimate of drug-likeness (QED) is 0.850. The van der Waals surface area contributed by atoms with Crippen LogP contribution in [0.15, 0.2) is 59.4 Å². The Morgan fingerprint density at radius 3 is 3.00 bits per heavy atom. The molecule has 7 heteroatoms. The Morgan fingerprint density at radius 1 is 1.36 bits per heavy atom. The Bertz CT molecular complexity index is 818. The second-order valence-electron chi connectivity index (χ2n) is 6.12. The van der Waals surface area contributed by atoms with E-state index in [1.54, 1.807) is 35.2 Å². The number of hydrogen-bond donors (Lipinski definition) is 2. The molecule has 2 N–H and O–H groups in total. The van der Waals surface area contributed by atoms with E-state index in [4.69, 9.17) is 16.3 Å². The molecule has 3 aliphatic rings. The van der Waals surface area contributed by atoms with Gasteiger partial charge in [-0.05, 0) is 30.4 Å². The zero-order chi connectivity index (χ0) is 17.4. The van der Waals surface area contributed by atoms with E-state index >= 15 is 0 Å². The van der Waals surface area contributed by atoms with Crippen LogP contribution in [-0.2, 0) is 4.74 Å². The first-order chi connectivity index (χ1) is 12.1. The van der Waals surface area contributed by atoms with Crippen LogP contribution >= 0.6 is 11.6 Å². The molecule has 0 aromatic heterocycles. The molecule has 0 bridgehead atoms. The van der Waals surface area contributed by atoms with E-state index in [1.165, 1.54) is 6.08 Å². The van der Waals surface area contributed by atoms with E-state index in [-0.39, 0.29) is 24.5 Å². The number of dihydropyridines is 1. The number of nitrogens with one attached hydrogen (secondary N) is 2. The first kappa shape index (κ1) is 16.0. The first-order valence-electron chi connectivity index (χ1n) is 8.10. The summed E-state index contributed by atoms with van der Waals surface area (Å²) in [5.41, 5.74) is 2.25. The van der Waals surface area contributed by atoms with E-state index in [9.17, 15) is 9.18 Å². The highest BCUT2D eigenvalue weighted by Crippen LogP contribution is 2.28. The summed E-state index contributed by atoms with van der Waals surface area (Å²) in [5, 5.41) is 6.82. The molecule has 0 saturated carbocycles. The maximum atomic E-state index is 13.1. The van der Waals surface area contributed by atoms with Gasteiger partial charge in [-0.1, -0.05) is 17.7 Å². The molecule has 1 amide bonds. The number of rotatable bonds is 2. The van der Waals surface area contributed by atoms with Gasteiger partial charge in [0, 0.05) is 23.6 Å². The molecule has 0 radical (unpaired) electrons. The predicted octanol–water partition coefficient (Wildman–Crippen LogP) is 2.68. The molecular formula is C18H17ClFN3O2. The molecule has 0 saturated heterocycles. The van der Waals surface area contributed by atoms with Gasteiger partial charge in [0.15, 0.2) is 0 Å². The number of ether oxygens (including phenoxy) is 1. The average Bonchev–Trinajstić information content (AvgIpc) is 3.05. The highest BCUT2D eigenvalue weighted by atomic mass is 35.5. The van der Waals surface area contributed by atoms with Crippen LogP contribution in [0, 0.1) is 0 Å². The lowest BCUT2D eigenvalue weighted by molar-refractivity contribution is 0.0750. The van der Waals surface area contributed by atoms with E-state index < -0.39 is 0 Å². The Kier molecular flexibility index (Phi) is 4.13. The molecule has 5 nitrogen and oxygen atoms in total. The van der Waals surface area contributed by atoms with Gasteiger partial charge in [-0.15, -0.1) is 0 Å². The van der Waals surface area contributed by atoms with Crippen molar-refractivity contribution < 1.29 is 13.9 Å². The minimum atomic E-state index is -0.365. The van der Waals surface area contributed by atoms with E-state index in [0.717, 1.165) is 17.2 Å². The Balaban J connectivity index is 1.44. The SMILES string of the molecule is O=C(c1cccc(Cl)c1)N1CCC2=C(C1)NC(C1=CC=C(F)CN1)O2. The van der Waals surface area contributed by atoms with Crippen molar-refractivity contribution in [3.05, 3.63) is 70.0 Å². The fourth-order valence-corrected chi connectivity index (χ4v) is 3.31. The van der Waals surface area contributed by atoms with E-state index in [0.29, 0.717) is 30.1 Å². The molecule has 1 aromatic rings. The molecule has 0 spiro atoms. The zero-order valence-electron chi connectivity index (χ0n) is 13.4. The van der Waals surface area contributed by atoms with Crippen molar-refractivity contribution in [1.29, 1.82) is 0 Å². The van der Waals surface area contributed by atoms with Crippen LogP contribution in [-0.4, -0.2) is 36.7 Å². The minimum Gasteiger partial charge on any atom is -0.467 e. The molecule has 130 valence electrons. The van der Waals surface area contributed by atoms with Crippen LogP contribution in [0.4, 0.5) is 4.39 Å². The second kappa shape index (κ2) is 6.44. The van der Waals surface area contributed by atoms with Crippen molar-refractivity contribution in [2.75, 3.05) is 19.6 Å². The molecule has 1 atom stereocenters. The van der Waals surface area contributed by atoms with E-state index in [2.05, 4.69) is 10.6 Å². The Morgan fingerprint density at radius 2 is 2.24 bits per heavy atom. The average molecular weight is 362 g/mol. The van der Waals surface area contributed by atoms with Crippen molar-refractivity contribution in [3.8, 4) is 0 Å². The third kappa shape index (κ3) is 3.22. The van der Waals surface area contributed by atoms with Gasteiger partial charge in [-0.3, -0.25) is 4.79 Å². The number of allylic oxidation sites excluding steroid dienone is 2. The smallest absolute Gasteiger partial charge is 0.254 e. The van der Waals surface area contributed by atoms with Gasteiger partial charge in [0.05, 0.1) is 24.5 Å². The summed E-state index contributed by atoms with van der Waals surface area (Å²) in [5.74, 6) is 0.593. The first-order valence-corrected chi connectivity index (χ1v) is 8.48.